The van der Waals surface area contributed by atoms with E-state index in [1.807, 2.05) is 0 Å². The molecule has 1 atom stereocenters. The van der Waals surface area contributed by atoms with Gasteiger partial charge in [0.15, 0.2) is 0 Å². The lowest BCUT2D eigenvalue weighted by Gasteiger charge is -2.33. The lowest BCUT2D eigenvalue weighted by Crippen LogP contribution is -2.40. The Balaban J connectivity index is 1.73. The van der Waals surface area contributed by atoms with Gasteiger partial charge in [-0.1, -0.05) is 0 Å². The van der Waals surface area contributed by atoms with Gasteiger partial charge < -0.3 is 10.4 Å². The monoisotopic (exact) mass is 338 g/mol. The third-order valence-corrected chi connectivity index (χ3v) is 4.52. The summed E-state index contributed by atoms with van der Waals surface area (Å²) in [4.78, 5) is 33.7. The van der Waals surface area contributed by atoms with Crippen molar-refractivity contribution in [2.45, 2.75) is 37.6 Å². The predicted molar refractivity (Wildman–Crippen MR) is 79.3 cm³/mol. The van der Waals surface area contributed by atoms with Gasteiger partial charge >= 0.3 is 5.97 Å². The van der Waals surface area contributed by atoms with Crippen LogP contribution in [0.4, 0.5) is 14.5 Å². The molecule has 0 radical (unpaired) electrons. The van der Waals surface area contributed by atoms with Crippen LogP contribution in [0.2, 0.25) is 0 Å². The molecule has 0 bridgehead atoms. The second-order valence-electron chi connectivity index (χ2n) is 6.21. The van der Waals surface area contributed by atoms with Gasteiger partial charge in [0.25, 0.3) is 0 Å². The normalized spacial score (nSPS) is 26.5. The molecule has 0 aromatic heterocycles. The maximum Gasteiger partial charge on any atom is 0.306 e. The molecule has 1 heterocycles. The van der Waals surface area contributed by atoms with Crippen LogP contribution in [0.1, 0.15) is 37.2 Å². The van der Waals surface area contributed by atoms with E-state index in [1.54, 1.807) is 0 Å². The van der Waals surface area contributed by atoms with Crippen molar-refractivity contribution >= 4 is 23.5 Å². The van der Waals surface area contributed by atoms with E-state index in [2.05, 4.69) is 10.6 Å². The zero-order valence-corrected chi connectivity index (χ0v) is 12.6. The van der Waals surface area contributed by atoms with E-state index in [9.17, 15) is 23.2 Å². The minimum absolute atomic E-state index is 0.0357. The number of piperidine rings is 1. The molecule has 1 aliphatic heterocycles. The number of carbonyl (C=O) groups is 3. The van der Waals surface area contributed by atoms with E-state index < -0.39 is 41.3 Å². The third kappa shape index (κ3) is 3.08. The van der Waals surface area contributed by atoms with Gasteiger partial charge in [0.1, 0.15) is 11.6 Å². The van der Waals surface area contributed by atoms with E-state index in [0.29, 0.717) is 12.8 Å². The minimum atomic E-state index is -1.03. The number of benzene rings is 1. The molecule has 6 nitrogen and oxygen atoms in total. The molecule has 8 heteroatoms. The minimum Gasteiger partial charge on any atom is -0.481 e. The summed E-state index contributed by atoms with van der Waals surface area (Å²) in [6.07, 6.45) is 0.892. The summed E-state index contributed by atoms with van der Waals surface area (Å²) in [5.41, 5.74) is -0.141. The number of nitrogens with one attached hydrogen (secondary N) is 2. The summed E-state index contributed by atoms with van der Waals surface area (Å²) >= 11 is 0. The average Bonchev–Trinajstić information content (AvgIpc) is 2.43. The number of carboxylic acids is 1. The largest absolute Gasteiger partial charge is 0.481 e. The van der Waals surface area contributed by atoms with E-state index in [1.165, 1.54) is 0 Å². The smallest absolute Gasteiger partial charge is 0.306 e. The van der Waals surface area contributed by atoms with Crippen molar-refractivity contribution in [2.24, 2.45) is 5.92 Å². The Morgan fingerprint density at radius 1 is 1.21 bits per heavy atom. The van der Waals surface area contributed by atoms with Crippen molar-refractivity contribution in [2.75, 3.05) is 5.32 Å². The summed E-state index contributed by atoms with van der Waals surface area (Å²) in [6, 6.07) is 2.04. The summed E-state index contributed by atoms with van der Waals surface area (Å²) in [6.45, 7) is 0. The van der Waals surface area contributed by atoms with Gasteiger partial charge in [0, 0.05) is 23.7 Å². The van der Waals surface area contributed by atoms with Gasteiger partial charge in [0.2, 0.25) is 11.8 Å². The molecule has 128 valence electrons. The highest BCUT2D eigenvalue weighted by Gasteiger charge is 2.35. The molecule has 24 heavy (non-hydrogen) atoms. The number of carboxylic acid groups (broad SMARTS) is 1. The highest BCUT2D eigenvalue weighted by atomic mass is 19.1. The van der Waals surface area contributed by atoms with Crippen LogP contribution in [-0.2, 0) is 14.4 Å². The molecule has 1 aromatic carbocycles. The molecule has 0 spiro atoms. The highest BCUT2D eigenvalue weighted by Crippen LogP contribution is 2.34. The molecule has 1 aliphatic carbocycles. The summed E-state index contributed by atoms with van der Waals surface area (Å²) in [5, 5.41) is 13.8. The Morgan fingerprint density at radius 3 is 2.38 bits per heavy atom. The molecule has 2 fully saturated rings. The zero-order chi connectivity index (χ0) is 17.4. The maximum absolute atomic E-state index is 14.3. The molecule has 1 saturated carbocycles. The number of hydrogen-bond acceptors (Lipinski definition) is 4. The van der Waals surface area contributed by atoms with Crippen molar-refractivity contribution in [3.63, 3.8) is 0 Å². The lowest BCUT2D eigenvalue weighted by atomic mass is 9.80. The fourth-order valence-electron chi connectivity index (χ4n) is 3.14. The quantitative estimate of drug-likeness (QED) is 0.727. The predicted octanol–water partition coefficient (Wildman–Crippen LogP) is 1.76. The zero-order valence-electron chi connectivity index (χ0n) is 12.6. The van der Waals surface area contributed by atoms with Crippen LogP contribution in [0.3, 0.4) is 0 Å². The van der Waals surface area contributed by atoms with Gasteiger partial charge in [0.05, 0.1) is 11.8 Å². The van der Waals surface area contributed by atoms with Gasteiger partial charge in [-0.25, -0.2) is 8.78 Å². The Bertz CT molecular complexity index is 693. The Kier molecular flexibility index (Phi) is 4.21. The fraction of sp³-hybridized carbons (Fsp3) is 0.438. The van der Waals surface area contributed by atoms with E-state index >= 15 is 0 Å². The molecule has 2 aliphatic rings. The number of carbonyl (C=O) groups excluding carboxylic acids is 2. The molecule has 0 unspecified atom stereocenters. The Hall–Kier alpha value is -2.51. The van der Waals surface area contributed by atoms with Crippen LogP contribution in [0.25, 0.3) is 0 Å². The number of anilines is 1. The number of aliphatic carboxylic acids is 1. The standard InChI is InChI=1S/C16H16F2N2O4/c17-11-5-9(19-8-3-7(4-8)16(23)24)6-12(18)14(11)10-1-2-13(21)20-15(10)22/h5-8,10,19H,1-4H2,(H,23,24)(H,20,21,22)/t7?,8?,10-/m1/s1. The summed E-state index contributed by atoms with van der Waals surface area (Å²) in [7, 11) is 0. The maximum atomic E-state index is 14.3. The van der Waals surface area contributed by atoms with E-state index in [-0.39, 0.29) is 30.1 Å². The van der Waals surface area contributed by atoms with Crippen LogP contribution >= 0.6 is 0 Å². The number of hydrogen-bond donors (Lipinski definition) is 3. The van der Waals surface area contributed by atoms with Crippen molar-refractivity contribution in [3.8, 4) is 0 Å². The van der Waals surface area contributed by atoms with Crippen molar-refractivity contribution in [3.05, 3.63) is 29.3 Å². The molecule has 3 rings (SSSR count). The van der Waals surface area contributed by atoms with Crippen molar-refractivity contribution in [1.82, 2.24) is 5.32 Å². The van der Waals surface area contributed by atoms with E-state index in [4.69, 9.17) is 5.11 Å². The second-order valence-corrected chi connectivity index (χ2v) is 6.21. The van der Waals surface area contributed by atoms with Gasteiger partial charge in [-0.05, 0) is 31.4 Å². The van der Waals surface area contributed by atoms with E-state index in [0.717, 1.165) is 12.1 Å². The second kappa shape index (κ2) is 6.18. The van der Waals surface area contributed by atoms with Crippen LogP contribution < -0.4 is 10.6 Å². The highest BCUT2D eigenvalue weighted by molar-refractivity contribution is 6.01. The van der Waals surface area contributed by atoms with Gasteiger partial charge in [-0.15, -0.1) is 0 Å². The van der Waals surface area contributed by atoms with Gasteiger partial charge in [-0.2, -0.15) is 0 Å². The van der Waals surface area contributed by atoms with Gasteiger partial charge in [-0.3, -0.25) is 19.7 Å². The molecule has 2 amide bonds. The van der Waals surface area contributed by atoms with Crippen LogP contribution in [0.5, 0.6) is 0 Å². The molecule has 1 saturated heterocycles. The van der Waals surface area contributed by atoms with Crippen molar-refractivity contribution in [1.29, 1.82) is 0 Å². The van der Waals surface area contributed by atoms with Crippen molar-refractivity contribution < 1.29 is 28.3 Å². The average molecular weight is 338 g/mol. The molecular weight excluding hydrogens is 322 g/mol. The number of halogens is 2. The molecule has 3 N–H and O–H groups in total. The SMILES string of the molecule is O=C1CC[C@H](c2c(F)cc(NC3CC(C(=O)O)C3)cc2F)C(=O)N1. The Labute approximate surface area is 136 Å². The number of imide groups is 1. The molecular formula is C16H16F2N2O4. The third-order valence-electron chi connectivity index (χ3n) is 4.52. The first kappa shape index (κ1) is 16.4. The first-order valence-electron chi connectivity index (χ1n) is 7.67. The lowest BCUT2D eigenvalue weighted by molar-refractivity contribution is -0.144. The van der Waals surface area contributed by atoms with Crippen LogP contribution in [0, 0.1) is 17.6 Å². The van der Waals surface area contributed by atoms with Crippen LogP contribution in [0.15, 0.2) is 12.1 Å². The Morgan fingerprint density at radius 2 is 1.83 bits per heavy atom. The topological polar surface area (TPSA) is 95.5 Å². The summed E-state index contributed by atoms with van der Waals surface area (Å²) < 4.78 is 28.6. The first-order chi connectivity index (χ1) is 11.3. The van der Waals surface area contributed by atoms with Crippen LogP contribution in [-0.4, -0.2) is 28.9 Å². The fourth-order valence-corrected chi connectivity index (χ4v) is 3.14. The number of rotatable bonds is 4. The first-order valence-corrected chi connectivity index (χ1v) is 7.67. The summed E-state index contributed by atoms with van der Waals surface area (Å²) in [5.74, 6) is -5.21. The number of amides is 2. The molecule has 1 aromatic rings.